The van der Waals surface area contributed by atoms with Gasteiger partial charge >= 0.3 is 5.97 Å². The van der Waals surface area contributed by atoms with Crippen LogP contribution in [-0.4, -0.2) is 263 Å². The molecule has 0 radical (unpaired) electrons. The van der Waals surface area contributed by atoms with Crippen LogP contribution in [0, 0.1) is 50.2 Å². The maximum Gasteiger partial charge on any atom is 0.310 e. The van der Waals surface area contributed by atoms with Crippen molar-refractivity contribution in [2.75, 3.05) is 33.0 Å². The highest BCUT2D eigenvalue weighted by Gasteiger charge is 2.70. The molecule has 4 saturated carbocycles. The van der Waals surface area contributed by atoms with E-state index >= 15 is 0 Å². The van der Waals surface area contributed by atoms with E-state index in [9.17, 15) is 81.4 Å². The summed E-state index contributed by atoms with van der Waals surface area (Å²) in [6, 6.07) is 0. The lowest BCUT2D eigenvalue weighted by Gasteiger charge is -2.71. The summed E-state index contributed by atoms with van der Waals surface area (Å²) in [5, 5.41) is 163. The number of aliphatic hydroxyl groups is 14. The Labute approximate surface area is 488 Å². The topological polar surface area (TPSA) is 413 Å². The molecule has 15 N–H and O–H groups in total. The number of fused-ring (bicyclic) bond motifs is 7. The Hall–Kier alpha value is -1.75. The molecule has 26 heteroatoms. The molecule has 0 aromatic heterocycles. The molecule has 26 nitrogen and oxygen atoms in total. The third kappa shape index (κ3) is 11.1. The fourth-order valence-corrected chi connectivity index (χ4v) is 17.3. The van der Waals surface area contributed by atoms with Crippen LogP contribution in [0.2, 0.25) is 0 Å². The van der Waals surface area contributed by atoms with Gasteiger partial charge in [0.1, 0.15) is 110 Å². The number of carboxylic acid groups (broad SMARTS) is 1. The monoisotopic (exact) mass is 1210 g/mol. The van der Waals surface area contributed by atoms with Gasteiger partial charge < -0.3 is 124 Å². The van der Waals surface area contributed by atoms with Crippen molar-refractivity contribution in [1.29, 1.82) is 0 Å². The second-order valence-corrected chi connectivity index (χ2v) is 28.3. The smallest absolute Gasteiger partial charge is 0.310 e. The average molecular weight is 1210 g/mol. The van der Waals surface area contributed by atoms with Crippen molar-refractivity contribution in [3.8, 4) is 0 Å². The van der Waals surface area contributed by atoms with Crippen molar-refractivity contribution >= 4 is 5.97 Å². The molecule has 482 valence electrons. The Morgan fingerprint density at radius 2 is 1.08 bits per heavy atom. The van der Waals surface area contributed by atoms with E-state index in [1.165, 1.54) is 5.57 Å². The maximum absolute atomic E-state index is 13.2. The third-order valence-corrected chi connectivity index (χ3v) is 22.8. The number of rotatable bonds is 14. The van der Waals surface area contributed by atoms with Crippen molar-refractivity contribution in [1.82, 2.24) is 0 Å². The first-order chi connectivity index (χ1) is 39.3. The van der Waals surface area contributed by atoms with Crippen molar-refractivity contribution < 1.29 is 129 Å². The largest absolute Gasteiger partial charge is 0.481 e. The highest BCUT2D eigenvalue weighted by molar-refractivity contribution is 5.76. The number of carbonyl (C=O) groups is 1. The molecular weight excluding hydrogens is 1110 g/mol. The minimum Gasteiger partial charge on any atom is -0.481 e. The lowest BCUT2D eigenvalue weighted by Crippen LogP contribution is -2.67. The Kier molecular flexibility index (Phi) is 18.7. The van der Waals surface area contributed by atoms with Gasteiger partial charge in [0.2, 0.25) is 0 Å². The summed E-state index contributed by atoms with van der Waals surface area (Å²) in [7, 11) is 0. The number of ether oxygens (including phenoxy) is 10. The van der Waals surface area contributed by atoms with E-state index in [-0.39, 0.29) is 46.0 Å². The number of aliphatic hydroxyl groups excluding tert-OH is 14. The Morgan fingerprint density at radius 1 is 0.536 bits per heavy atom. The molecule has 84 heavy (non-hydrogen) atoms. The van der Waals surface area contributed by atoms with Crippen LogP contribution in [0.15, 0.2) is 11.6 Å². The maximum atomic E-state index is 13.2. The molecular formula is C58H94O26. The zero-order valence-corrected chi connectivity index (χ0v) is 49.0. The molecule has 0 unspecified atom stereocenters. The van der Waals surface area contributed by atoms with Gasteiger partial charge in [0.25, 0.3) is 0 Å². The van der Waals surface area contributed by atoms with Crippen LogP contribution >= 0.6 is 0 Å². The van der Waals surface area contributed by atoms with Crippen LogP contribution in [0.4, 0.5) is 0 Å². The normalized spacial score (nSPS) is 53.8. The predicted molar refractivity (Wildman–Crippen MR) is 284 cm³/mol. The highest BCUT2D eigenvalue weighted by atomic mass is 16.8. The fraction of sp³-hybridized carbons (Fsp3) is 0.948. The van der Waals surface area contributed by atoms with E-state index < -0.39 is 191 Å². The van der Waals surface area contributed by atoms with Gasteiger partial charge in [0.05, 0.1) is 44.6 Å². The predicted octanol–water partition coefficient (Wildman–Crippen LogP) is -2.37. The SMILES string of the molecule is CC1(C)CC[C@]2(C(=O)O)CC[C@]3(C)C(=CC[C@@H]4[C@@]5(C)CC[C@H](O[C@@H]6OC[C@@H](O)[C@H](O)[C@H]6O[C@@H]6O[C@H](CO[C@@H]7O[C@H](CO[C@@H]8O[C@H](CO)[C@@H](O)[C@H](O)[C@H]8O)[C@@H](O)[C@H](O)[C@H]7O)[C@@H](O)[C@H](O[C@@H]7OC[C@H](O)[C@H](O)[C@H]7O)[C@H]6O)C(C)(C)[C@@H]5CC[C@]43C)[C@@H]2C1. The number of hydrogen-bond acceptors (Lipinski definition) is 25. The summed E-state index contributed by atoms with van der Waals surface area (Å²) in [4.78, 5) is 13.2. The zero-order chi connectivity index (χ0) is 61.1. The summed E-state index contributed by atoms with van der Waals surface area (Å²) in [6.07, 6.45) is -30.3. The molecule has 0 bridgehead atoms. The van der Waals surface area contributed by atoms with Gasteiger partial charge in [0.15, 0.2) is 31.5 Å². The summed E-state index contributed by atoms with van der Waals surface area (Å²) >= 11 is 0. The zero-order valence-electron chi connectivity index (χ0n) is 49.0. The van der Waals surface area contributed by atoms with Gasteiger partial charge in [-0.3, -0.25) is 4.79 Å². The average Bonchev–Trinajstić information content (AvgIpc) is 0.687. The van der Waals surface area contributed by atoms with E-state index in [1.807, 2.05) is 0 Å². The molecule has 10 aliphatic rings. The van der Waals surface area contributed by atoms with Crippen LogP contribution in [-0.2, 0) is 52.2 Å². The summed E-state index contributed by atoms with van der Waals surface area (Å²) in [5.41, 5.74) is -0.376. The van der Waals surface area contributed by atoms with Crippen LogP contribution in [0.25, 0.3) is 0 Å². The molecule has 0 amide bonds. The summed E-state index contributed by atoms with van der Waals surface area (Å²) in [6.45, 7) is 13.0. The van der Waals surface area contributed by atoms with Gasteiger partial charge in [-0.1, -0.05) is 60.1 Å². The van der Waals surface area contributed by atoms with Crippen molar-refractivity contribution in [3.05, 3.63) is 11.6 Å². The van der Waals surface area contributed by atoms with Gasteiger partial charge in [-0.25, -0.2) is 0 Å². The molecule has 0 aromatic carbocycles. The molecule has 31 atom stereocenters. The second kappa shape index (κ2) is 24.1. The molecule has 9 fully saturated rings. The molecule has 5 aliphatic carbocycles. The number of allylic oxidation sites excluding steroid dienone is 2. The van der Waals surface area contributed by atoms with E-state index in [1.54, 1.807) is 0 Å². The highest BCUT2D eigenvalue weighted by Crippen LogP contribution is 2.76. The molecule has 0 spiro atoms. The van der Waals surface area contributed by atoms with Crippen LogP contribution in [0.3, 0.4) is 0 Å². The van der Waals surface area contributed by atoms with Crippen LogP contribution < -0.4 is 0 Å². The molecule has 5 saturated heterocycles. The van der Waals surface area contributed by atoms with Gasteiger partial charge in [-0.05, 0) is 109 Å². The number of hydrogen-bond donors (Lipinski definition) is 15. The first-order valence-corrected chi connectivity index (χ1v) is 30.1. The van der Waals surface area contributed by atoms with Gasteiger partial charge in [-0.2, -0.15) is 0 Å². The van der Waals surface area contributed by atoms with Gasteiger partial charge in [0, 0.05) is 0 Å². The lowest BCUT2D eigenvalue weighted by atomic mass is 9.33. The molecule has 5 aliphatic heterocycles. The summed E-state index contributed by atoms with van der Waals surface area (Å²) < 4.78 is 59.5. The lowest BCUT2D eigenvalue weighted by molar-refractivity contribution is -0.386. The van der Waals surface area contributed by atoms with Crippen LogP contribution in [0.5, 0.6) is 0 Å². The van der Waals surface area contributed by atoms with Crippen molar-refractivity contribution in [2.24, 2.45) is 50.2 Å². The fourth-order valence-electron chi connectivity index (χ4n) is 17.3. The van der Waals surface area contributed by atoms with Gasteiger partial charge in [-0.15, -0.1) is 0 Å². The quantitative estimate of drug-likeness (QED) is 0.0639. The van der Waals surface area contributed by atoms with E-state index in [4.69, 9.17) is 47.4 Å². The van der Waals surface area contributed by atoms with Crippen molar-refractivity contribution in [3.63, 3.8) is 0 Å². The number of aliphatic carboxylic acids is 1. The standard InChI is InChI=1S/C58H94O26/c1-53(2)14-16-58(52(73)74)17-15-56(6)24(25(58)18-53)8-9-32-55(5)12-11-33(54(3,4)31(55)10-13-57(32,56)7)82-51-46(35(63)27(61)21-76-51)84-50-44(72)45(83-49-41(69)34(62)26(60)20-75-49)38(66)30(81-50)23-78-48-43(71)40(68)37(65)29(80-48)22-77-47-42(70)39(67)36(64)28(19-59)79-47/h8,25-51,59-72H,9-23H2,1-7H3,(H,73,74)/t25-,26-,27+,28+,29+,30+,31-,32+,33-,34-,35-,36+,37+,38+,39-,40-,41+,42+,43+,44+,45-,46+,47+,48+,49-,50-,51-,55-,56+,57+,58-/m0/s1. The van der Waals surface area contributed by atoms with E-state index in [2.05, 4.69) is 54.5 Å². The molecule has 5 heterocycles. The van der Waals surface area contributed by atoms with E-state index in [0.717, 1.165) is 44.9 Å². The second-order valence-electron chi connectivity index (χ2n) is 28.3. The van der Waals surface area contributed by atoms with Crippen LogP contribution in [0.1, 0.15) is 113 Å². The Morgan fingerprint density at radius 3 is 1.71 bits per heavy atom. The van der Waals surface area contributed by atoms with E-state index in [0.29, 0.717) is 19.3 Å². The minimum atomic E-state index is -2.02. The Balaban J connectivity index is 0.858. The molecule has 10 rings (SSSR count). The minimum absolute atomic E-state index is 0.0260. The third-order valence-electron chi connectivity index (χ3n) is 22.8. The Bertz CT molecular complexity index is 2330. The molecule has 0 aromatic rings. The van der Waals surface area contributed by atoms with Crippen molar-refractivity contribution in [2.45, 2.75) is 260 Å². The summed E-state index contributed by atoms with van der Waals surface area (Å²) in [5.74, 6) is -0.292. The first kappa shape index (κ1) is 65.2. The number of carboxylic acids is 1. The first-order valence-electron chi connectivity index (χ1n) is 30.1.